The van der Waals surface area contributed by atoms with E-state index in [1.165, 1.54) is 12.5 Å². The van der Waals surface area contributed by atoms with Crippen LogP contribution in [0.1, 0.15) is 13.8 Å². The molecule has 0 atom stereocenters. The van der Waals surface area contributed by atoms with Gasteiger partial charge in [0.25, 0.3) is 0 Å². The lowest BCUT2D eigenvalue weighted by atomic mass is 10.9. The smallest absolute Gasteiger partial charge is 0.106 e. The Balaban J connectivity index is -0.0000000610. The monoisotopic (exact) mass is 388 g/mol. The summed E-state index contributed by atoms with van der Waals surface area (Å²) in [7, 11) is 0. The number of rotatable bonds is 0. The highest BCUT2D eigenvalue weighted by molar-refractivity contribution is 6.67. The van der Waals surface area contributed by atoms with Gasteiger partial charge in [0.2, 0.25) is 0 Å². The van der Waals surface area contributed by atoms with Gasteiger partial charge in [-0.1, -0.05) is 82.8 Å². The molecule has 0 fully saturated rings. The van der Waals surface area contributed by atoms with Crippen LogP contribution < -0.4 is 0 Å². The van der Waals surface area contributed by atoms with E-state index in [4.69, 9.17) is 92.8 Å². The second kappa shape index (κ2) is 19.1. The Morgan fingerprint density at radius 3 is 1.19 bits per heavy atom. The van der Waals surface area contributed by atoms with Crippen LogP contribution in [-0.2, 0) is 0 Å². The minimum Gasteiger partial charge on any atom is -0.106 e. The van der Waals surface area contributed by atoms with E-state index in [2.05, 4.69) is 13.2 Å². The molecular formula is C8H12Cl8. The number of halogens is 8. The van der Waals surface area contributed by atoms with E-state index in [9.17, 15) is 0 Å². The Hall–Kier alpha value is 1.80. The first-order chi connectivity index (χ1) is 6.88. The van der Waals surface area contributed by atoms with Gasteiger partial charge in [0.15, 0.2) is 3.79 Å². The largest absolute Gasteiger partial charge is 0.187 e. The number of hydrogen-bond donors (Lipinski definition) is 0. The van der Waals surface area contributed by atoms with E-state index in [0.717, 1.165) is 0 Å². The molecule has 0 heterocycles. The van der Waals surface area contributed by atoms with Crippen LogP contribution in [0.2, 0.25) is 0 Å². The van der Waals surface area contributed by atoms with Gasteiger partial charge in [-0.2, -0.15) is 0 Å². The maximum Gasteiger partial charge on any atom is 0.187 e. The molecule has 0 aliphatic heterocycles. The molecule has 0 saturated carbocycles. The Kier molecular flexibility index (Phi) is 31.6. The Morgan fingerprint density at radius 1 is 1.19 bits per heavy atom. The van der Waals surface area contributed by atoms with Crippen LogP contribution in [0, 0.1) is 0 Å². The molecule has 0 amide bonds. The van der Waals surface area contributed by atoms with Gasteiger partial charge in [0, 0.05) is 0 Å². The number of alkyl halides is 5. The molecule has 100 valence electrons. The molecule has 8 heteroatoms. The summed E-state index contributed by atoms with van der Waals surface area (Å²) in [4.78, 5) is -0.222. The van der Waals surface area contributed by atoms with E-state index < -0.39 is 3.79 Å². The third-order valence-electron chi connectivity index (χ3n) is 0. The van der Waals surface area contributed by atoms with Crippen molar-refractivity contribution < 1.29 is 0 Å². The van der Waals surface area contributed by atoms with Crippen molar-refractivity contribution in [3.05, 3.63) is 23.2 Å². The molecule has 0 radical (unpaired) electrons. The molecule has 0 spiro atoms. The molecule has 0 N–H and O–H groups in total. The SMILES string of the molecule is C=C(Cl)Cl.C=CCl.CC(Cl)(Cl)Cl.CC(Cl)Cl. The predicted molar refractivity (Wildman–Crippen MR) is 84.0 cm³/mol. The summed E-state index contributed by atoms with van der Waals surface area (Å²) >= 11 is 39.7. The maximum absolute atomic E-state index is 5.06. The van der Waals surface area contributed by atoms with Crippen LogP contribution in [0.3, 0.4) is 0 Å². The molecular weight excluding hydrogens is 380 g/mol. The molecule has 0 bridgehead atoms. The summed E-state index contributed by atoms with van der Waals surface area (Å²) in [6, 6.07) is 0. The molecule has 0 aromatic heterocycles. The molecule has 0 aliphatic rings. The van der Waals surface area contributed by atoms with Gasteiger partial charge in [-0.25, -0.2) is 0 Å². The molecule has 0 aliphatic carbocycles. The van der Waals surface area contributed by atoms with Gasteiger partial charge in [-0.05, 0) is 19.4 Å². The van der Waals surface area contributed by atoms with Crippen molar-refractivity contribution in [2.24, 2.45) is 0 Å². The quantitative estimate of drug-likeness (QED) is 0.375. The first-order valence-corrected chi connectivity index (χ1v) is 6.64. The van der Waals surface area contributed by atoms with Crippen LogP contribution in [0.4, 0.5) is 0 Å². The Labute approximate surface area is 137 Å². The van der Waals surface area contributed by atoms with Crippen molar-refractivity contribution in [2.45, 2.75) is 22.5 Å². The third-order valence-corrected chi connectivity index (χ3v) is 0. The van der Waals surface area contributed by atoms with E-state index >= 15 is 0 Å². The highest BCUT2D eigenvalue weighted by atomic mass is 35.6. The van der Waals surface area contributed by atoms with Crippen molar-refractivity contribution >= 4 is 92.8 Å². The van der Waals surface area contributed by atoms with Crippen molar-refractivity contribution in [2.75, 3.05) is 0 Å². The van der Waals surface area contributed by atoms with Gasteiger partial charge < -0.3 is 0 Å². The van der Waals surface area contributed by atoms with E-state index in [1.807, 2.05) is 0 Å². The minimum absolute atomic E-state index is 0.111. The lowest BCUT2D eigenvalue weighted by molar-refractivity contribution is 1.27. The van der Waals surface area contributed by atoms with Gasteiger partial charge >= 0.3 is 0 Å². The second-order valence-corrected chi connectivity index (χ2v) is 7.59. The zero-order valence-electron chi connectivity index (χ0n) is 8.59. The summed E-state index contributed by atoms with van der Waals surface area (Å²) in [5.74, 6) is 0. The topological polar surface area (TPSA) is 0 Å². The molecule has 16 heavy (non-hydrogen) atoms. The predicted octanol–water partition coefficient (Wildman–Crippen LogP) is 7.49. The summed E-state index contributed by atoms with van der Waals surface area (Å²) in [6.07, 6.45) is 0. The van der Waals surface area contributed by atoms with Crippen LogP contribution >= 0.6 is 92.8 Å². The van der Waals surface area contributed by atoms with Gasteiger partial charge in [0.1, 0.15) is 4.84 Å². The van der Waals surface area contributed by atoms with E-state index in [-0.39, 0.29) is 9.33 Å². The lowest BCUT2D eigenvalue weighted by Gasteiger charge is -1.94. The summed E-state index contributed by atoms with van der Waals surface area (Å²) in [6.45, 7) is 9.39. The fourth-order valence-corrected chi connectivity index (χ4v) is 0. The van der Waals surface area contributed by atoms with E-state index in [1.54, 1.807) is 6.92 Å². The maximum atomic E-state index is 5.06. The summed E-state index contributed by atoms with van der Waals surface area (Å²) < 4.78 is -0.972. The second-order valence-electron chi connectivity index (χ2n) is 1.79. The first kappa shape index (κ1) is 26.4. The van der Waals surface area contributed by atoms with Crippen molar-refractivity contribution in [1.82, 2.24) is 0 Å². The lowest BCUT2D eigenvalue weighted by Crippen LogP contribution is -1.87. The van der Waals surface area contributed by atoms with Gasteiger partial charge in [-0.3, -0.25) is 0 Å². The van der Waals surface area contributed by atoms with Gasteiger partial charge in [-0.15, -0.1) is 23.2 Å². The van der Waals surface area contributed by atoms with Crippen LogP contribution in [-0.4, -0.2) is 8.63 Å². The van der Waals surface area contributed by atoms with Crippen LogP contribution in [0.15, 0.2) is 23.2 Å². The molecule has 0 aromatic carbocycles. The normalized spacial score (nSPS) is 8.44. The van der Waals surface area contributed by atoms with Crippen molar-refractivity contribution in [3.8, 4) is 0 Å². The summed E-state index contributed by atoms with van der Waals surface area (Å²) in [5.41, 5.74) is 1.22. The molecule has 0 saturated heterocycles. The molecule has 0 rings (SSSR count). The average molecular weight is 392 g/mol. The standard InChI is InChI=1S/C2H3Cl3.C2H4Cl2.C2H2Cl2.C2H3Cl/c1-2(3,4)5;2*1-2(3)4;1-2-3/h1H3;2H,1H3;1H2;2H,1H2. The fourth-order valence-electron chi connectivity index (χ4n) is 0. The van der Waals surface area contributed by atoms with Crippen LogP contribution in [0.25, 0.3) is 0 Å². The highest BCUT2D eigenvalue weighted by Gasteiger charge is 2.07. The Morgan fingerprint density at radius 2 is 1.19 bits per heavy atom. The number of hydrogen-bond acceptors (Lipinski definition) is 0. The van der Waals surface area contributed by atoms with Gasteiger partial charge in [0.05, 0.1) is 4.49 Å². The van der Waals surface area contributed by atoms with Crippen LogP contribution in [0.5, 0.6) is 0 Å². The highest BCUT2D eigenvalue weighted by Crippen LogP contribution is 2.23. The zero-order valence-corrected chi connectivity index (χ0v) is 14.6. The van der Waals surface area contributed by atoms with E-state index in [0.29, 0.717) is 0 Å². The van der Waals surface area contributed by atoms with Crippen molar-refractivity contribution in [1.29, 1.82) is 0 Å². The Bertz CT molecular complexity index is 136. The molecule has 0 aromatic rings. The summed E-state index contributed by atoms with van der Waals surface area (Å²) in [5, 5.41) is 0. The molecule has 0 nitrogen and oxygen atoms in total. The molecule has 0 unspecified atom stereocenters. The fraction of sp³-hybridized carbons (Fsp3) is 0.500. The first-order valence-electron chi connectivity index (χ1n) is 3.44. The zero-order chi connectivity index (χ0) is 14.4. The minimum atomic E-state index is -1.08. The average Bonchev–Trinajstić information content (AvgIpc) is 1.78. The third kappa shape index (κ3) is 1070. The van der Waals surface area contributed by atoms with Crippen molar-refractivity contribution in [3.63, 3.8) is 0 Å².